The van der Waals surface area contributed by atoms with E-state index in [0.717, 1.165) is 27.2 Å². The van der Waals surface area contributed by atoms with Crippen LogP contribution in [0.15, 0.2) is 71.3 Å². The van der Waals surface area contributed by atoms with E-state index in [-0.39, 0.29) is 5.78 Å². The van der Waals surface area contributed by atoms with Crippen molar-refractivity contribution in [1.29, 1.82) is 0 Å². The number of carbonyl (C=O) groups is 1. The van der Waals surface area contributed by atoms with E-state index in [2.05, 4.69) is 9.97 Å². The third kappa shape index (κ3) is 1.86. The third-order valence-electron chi connectivity index (χ3n) is 4.27. The molecule has 4 heteroatoms. The van der Waals surface area contributed by atoms with Crippen molar-refractivity contribution < 1.29 is 9.21 Å². The summed E-state index contributed by atoms with van der Waals surface area (Å²) in [7, 11) is 0. The van der Waals surface area contributed by atoms with Gasteiger partial charge in [0.05, 0.1) is 11.7 Å². The molecule has 0 aliphatic rings. The van der Waals surface area contributed by atoms with Crippen LogP contribution in [0.2, 0.25) is 0 Å². The molecule has 0 saturated carbocycles. The molecule has 1 N–H and O–H groups in total. The number of nitrogens with zero attached hydrogens (tertiary/aromatic N) is 1. The second kappa shape index (κ2) is 4.80. The van der Waals surface area contributed by atoms with Crippen molar-refractivity contribution in [3.05, 3.63) is 78.3 Å². The Bertz CT molecular complexity index is 1200. The van der Waals surface area contributed by atoms with Gasteiger partial charge < -0.3 is 9.40 Å². The normalized spacial score (nSPS) is 11.5. The number of para-hydroxylation sites is 2. The van der Waals surface area contributed by atoms with E-state index in [1.807, 2.05) is 54.6 Å². The molecule has 114 valence electrons. The molecule has 0 fully saturated rings. The molecule has 3 aromatic heterocycles. The molecule has 24 heavy (non-hydrogen) atoms. The molecule has 0 aliphatic heterocycles. The van der Waals surface area contributed by atoms with E-state index >= 15 is 0 Å². The van der Waals surface area contributed by atoms with E-state index < -0.39 is 0 Å². The molecule has 3 heterocycles. The topological polar surface area (TPSA) is 58.9 Å². The van der Waals surface area contributed by atoms with Crippen molar-refractivity contribution >= 4 is 38.6 Å². The first-order valence-corrected chi connectivity index (χ1v) is 7.69. The van der Waals surface area contributed by atoms with E-state index in [1.165, 1.54) is 0 Å². The highest BCUT2D eigenvalue weighted by atomic mass is 16.3. The zero-order valence-corrected chi connectivity index (χ0v) is 12.6. The minimum absolute atomic E-state index is 0.210. The van der Waals surface area contributed by atoms with Gasteiger partial charge in [-0.2, -0.15) is 0 Å². The lowest BCUT2D eigenvalue weighted by molar-refractivity contribution is 0.101. The first-order chi connectivity index (χ1) is 11.8. The first kappa shape index (κ1) is 13.1. The second-order valence-corrected chi connectivity index (χ2v) is 5.76. The molecule has 0 atom stereocenters. The van der Waals surface area contributed by atoms with Gasteiger partial charge in [0.1, 0.15) is 11.3 Å². The number of nitrogens with one attached hydrogen (secondary N) is 1. The number of fused-ring (bicyclic) bond motifs is 4. The molecule has 0 spiro atoms. The molecule has 4 nitrogen and oxygen atoms in total. The average molecular weight is 312 g/mol. The summed E-state index contributed by atoms with van der Waals surface area (Å²) in [6.45, 7) is 0. The number of ketones is 1. The zero-order chi connectivity index (χ0) is 16.1. The van der Waals surface area contributed by atoms with Crippen LogP contribution in [0.1, 0.15) is 16.2 Å². The number of hydrogen-bond donors (Lipinski definition) is 1. The Labute approximate surface area is 136 Å². The highest BCUT2D eigenvalue weighted by Crippen LogP contribution is 2.26. The van der Waals surface area contributed by atoms with Crippen molar-refractivity contribution in [2.45, 2.75) is 0 Å². The molecule has 5 aromatic rings. The number of furan rings is 1. The minimum Gasteiger partial charge on any atom is -0.453 e. The van der Waals surface area contributed by atoms with Crippen LogP contribution in [0.4, 0.5) is 0 Å². The van der Waals surface area contributed by atoms with E-state index in [9.17, 15) is 4.79 Å². The van der Waals surface area contributed by atoms with Gasteiger partial charge in [-0.15, -0.1) is 0 Å². The Hall–Kier alpha value is -3.40. The van der Waals surface area contributed by atoms with Gasteiger partial charge >= 0.3 is 0 Å². The van der Waals surface area contributed by atoms with Crippen molar-refractivity contribution in [1.82, 2.24) is 9.97 Å². The predicted molar refractivity (Wildman–Crippen MR) is 93.2 cm³/mol. The van der Waals surface area contributed by atoms with Gasteiger partial charge in [-0.3, -0.25) is 9.78 Å². The van der Waals surface area contributed by atoms with Crippen molar-refractivity contribution in [3.8, 4) is 0 Å². The van der Waals surface area contributed by atoms with Crippen LogP contribution in [-0.2, 0) is 0 Å². The van der Waals surface area contributed by atoms with Crippen LogP contribution in [-0.4, -0.2) is 15.8 Å². The van der Waals surface area contributed by atoms with Gasteiger partial charge in [-0.25, -0.2) is 0 Å². The van der Waals surface area contributed by atoms with Gasteiger partial charge in [0.2, 0.25) is 5.78 Å². The van der Waals surface area contributed by atoms with Gasteiger partial charge in [0, 0.05) is 21.7 Å². The molecular formula is C20H12N2O2. The molecule has 0 amide bonds. The maximum atomic E-state index is 12.8. The average Bonchev–Trinajstić information content (AvgIpc) is 3.21. The van der Waals surface area contributed by atoms with E-state index in [0.29, 0.717) is 17.0 Å². The Morgan fingerprint density at radius 2 is 1.75 bits per heavy atom. The van der Waals surface area contributed by atoms with Gasteiger partial charge in [0.15, 0.2) is 5.76 Å². The van der Waals surface area contributed by atoms with Gasteiger partial charge in [-0.1, -0.05) is 36.4 Å². The van der Waals surface area contributed by atoms with Crippen LogP contribution in [0.3, 0.4) is 0 Å². The fourth-order valence-corrected chi connectivity index (χ4v) is 3.09. The smallest absolute Gasteiger partial charge is 0.246 e. The number of hydrogen-bond acceptors (Lipinski definition) is 3. The standard InChI is InChI=1S/C20H12N2O2/c23-20(19-9-12-5-1-4-8-18(12)24-19)16-10-14-13-6-2-3-7-15(13)22-17(14)11-21-16/h1-11,22H. The Morgan fingerprint density at radius 3 is 2.67 bits per heavy atom. The maximum absolute atomic E-state index is 12.8. The number of rotatable bonds is 2. The summed E-state index contributed by atoms with van der Waals surface area (Å²) in [5.41, 5.74) is 3.03. The maximum Gasteiger partial charge on any atom is 0.246 e. The number of H-pyrrole nitrogens is 1. The van der Waals surface area contributed by atoms with E-state index in [1.54, 1.807) is 12.3 Å². The molecule has 0 unspecified atom stereocenters. The molecule has 5 rings (SSSR count). The zero-order valence-electron chi connectivity index (χ0n) is 12.6. The summed E-state index contributed by atoms with van der Waals surface area (Å²) in [6.07, 6.45) is 1.70. The lowest BCUT2D eigenvalue weighted by Gasteiger charge is -1.97. The molecule has 0 bridgehead atoms. The quantitative estimate of drug-likeness (QED) is 0.481. The highest BCUT2D eigenvalue weighted by molar-refractivity contribution is 6.12. The van der Waals surface area contributed by atoms with Crippen LogP contribution in [0, 0.1) is 0 Å². The van der Waals surface area contributed by atoms with Crippen LogP contribution >= 0.6 is 0 Å². The summed E-state index contributed by atoms with van der Waals surface area (Å²) in [4.78, 5) is 20.4. The molecule has 2 aromatic carbocycles. The minimum atomic E-state index is -0.210. The summed E-state index contributed by atoms with van der Waals surface area (Å²) in [5, 5.41) is 2.97. The number of aromatic amines is 1. The van der Waals surface area contributed by atoms with Gasteiger partial charge in [0.25, 0.3) is 0 Å². The third-order valence-corrected chi connectivity index (χ3v) is 4.27. The molecule has 0 radical (unpaired) electrons. The molecular weight excluding hydrogens is 300 g/mol. The largest absolute Gasteiger partial charge is 0.453 e. The lowest BCUT2D eigenvalue weighted by atomic mass is 10.1. The molecule has 0 saturated heterocycles. The summed E-state index contributed by atoms with van der Waals surface area (Å²) in [5.74, 6) is 0.0984. The summed E-state index contributed by atoms with van der Waals surface area (Å²) < 4.78 is 5.67. The monoisotopic (exact) mass is 312 g/mol. The van der Waals surface area contributed by atoms with Gasteiger partial charge in [-0.05, 0) is 24.3 Å². The number of pyridine rings is 1. The SMILES string of the molecule is O=C(c1cc2c(cn1)[nH]c1ccccc12)c1cc2ccccc2o1. The fraction of sp³-hybridized carbons (Fsp3) is 0. The van der Waals surface area contributed by atoms with Crippen LogP contribution in [0.25, 0.3) is 32.8 Å². The Kier molecular flexibility index (Phi) is 2.61. The summed E-state index contributed by atoms with van der Waals surface area (Å²) in [6, 6.07) is 19.2. The van der Waals surface area contributed by atoms with Crippen molar-refractivity contribution in [2.24, 2.45) is 0 Å². The number of carbonyl (C=O) groups excluding carboxylic acids is 1. The first-order valence-electron chi connectivity index (χ1n) is 7.69. The highest BCUT2D eigenvalue weighted by Gasteiger charge is 2.17. The predicted octanol–water partition coefficient (Wildman–Crippen LogP) is 4.69. The fourth-order valence-electron chi connectivity index (χ4n) is 3.09. The van der Waals surface area contributed by atoms with Crippen LogP contribution in [0.5, 0.6) is 0 Å². The van der Waals surface area contributed by atoms with Crippen LogP contribution < -0.4 is 0 Å². The number of aromatic nitrogens is 2. The second-order valence-electron chi connectivity index (χ2n) is 5.76. The molecule has 0 aliphatic carbocycles. The van der Waals surface area contributed by atoms with Crippen molar-refractivity contribution in [2.75, 3.05) is 0 Å². The Balaban J connectivity index is 1.67. The van der Waals surface area contributed by atoms with Crippen molar-refractivity contribution in [3.63, 3.8) is 0 Å². The van der Waals surface area contributed by atoms with E-state index in [4.69, 9.17) is 4.42 Å². The summed E-state index contributed by atoms with van der Waals surface area (Å²) >= 11 is 0. The Morgan fingerprint density at radius 1 is 0.917 bits per heavy atom. The number of benzene rings is 2. The lowest BCUT2D eigenvalue weighted by Crippen LogP contribution is -2.02.